The van der Waals surface area contributed by atoms with Gasteiger partial charge in [-0.25, -0.2) is 4.79 Å². The van der Waals surface area contributed by atoms with Crippen molar-refractivity contribution in [1.82, 2.24) is 9.78 Å². The number of nitro groups is 1. The van der Waals surface area contributed by atoms with Gasteiger partial charge in [0.25, 0.3) is 5.69 Å². The Bertz CT molecular complexity index is 1070. The molecule has 1 atom stereocenters. The summed E-state index contributed by atoms with van der Waals surface area (Å²) in [5.74, 6) is 0.697. The number of fused-ring (bicyclic) bond motifs is 1. The predicted octanol–water partition coefficient (Wildman–Crippen LogP) is 4.72. The van der Waals surface area contributed by atoms with Crippen molar-refractivity contribution in [3.05, 3.63) is 62.5 Å². The van der Waals surface area contributed by atoms with E-state index in [2.05, 4.69) is 5.32 Å². The zero-order valence-corrected chi connectivity index (χ0v) is 19.4. The molecule has 0 spiro atoms. The molecule has 0 amide bonds. The largest absolute Gasteiger partial charge is 0.461 e. The fourth-order valence-electron chi connectivity index (χ4n) is 4.88. The Morgan fingerprint density at radius 1 is 1.34 bits per heavy atom. The molecule has 2 aliphatic rings. The molecule has 1 aromatic carbocycles. The molecule has 4 rings (SSSR count). The van der Waals surface area contributed by atoms with Gasteiger partial charge in [0.2, 0.25) is 0 Å². The SMILES string of the molecule is CSCCOC(=O)C1=C(C)Nc2c(c(C3CCCC3)nn2C)C1c1ccccc1[N+](=O)[O-]. The minimum Gasteiger partial charge on any atom is -0.461 e. The van der Waals surface area contributed by atoms with Crippen LogP contribution in [0.4, 0.5) is 11.5 Å². The summed E-state index contributed by atoms with van der Waals surface area (Å²) in [6, 6.07) is 6.67. The summed E-state index contributed by atoms with van der Waals surface area (Å²) in [6.45, 7) is 2.11. The molecule has 1 unspecified atom stereocenters. The van der Waals surface area contributed by atoms with E-state index in [4.69, 9.17) is 9.84 Å². The van der Waals surface area contributed by atoms with Crippen molar-refractivity contribution < 1.29 is 14.5 Å². The highest BCUT2D eigenvalue weighted by molar-refractivity contribution is 7.98. The van der Waals surface area contributed by atoms with Crippen LogP contribution in [0.5, 0.6) is 0 Å². The van der Waals surface area contributed by atoms with Crippen LogP contribution in [0.2, 0.25) is 0 Å². The van der Waals surface area contributed by atoms with Gasteiger partial charge in [0.1, 0.15) is 12.4 Å². The monoisotopic (exact) mass is 456 g/mol. The first kappa shape index (κ1) is 22.4. The Balaban J connectivity index is 1.91. The highest BCUT2D eigenvalue weighted by Crippen LogP contribution is 2.49. The van der Waals surface area contributed by atoms with Gasteiger partial charge in [-0.1, -0.05) is 31.0 Å². The number of thioether (sulfide) groups is 1. The number of hydrogen-bond acceptors (Lipinski definition) is 7. The van der Waals surface area contributed by atoms with Crippen molar-refractivity contribution in [2.45, 2.75) is 44.4 Å². The summed E-state index contributed by atoms with van der Waals surface area (Å²) in [5.41, 5.74) is 3.32. The zero-order chi connectivity index (χ0) is 22.8. The number of carbonyl (C=O) groups excluding carboxylic acids is 1. The normalized spacial score (nSPS) is 18.4. The highest BCUT2D eigenvalue weighted by Gasteiger charge is 2.41. The minimum absolute atomic E-state index is 0.00575. The van der Waals surface area contributed by atoms with Gasteiger partial charge in [-0.3, -0.25) is 14.8 Å². The van der Waals surface area contributed by atoms with Crippen LogP contribution >= 0.6 is 11.8 Å². The molecule has 2 heterocycles. The molecule has 1 fully saturated rings. The van der Waals surface area contributed by atoms with Crippen LogP contribution in [0.25, 0.3) is 0 Å². The van der Waals surface area contributed by atoms with Gasteiger partial charge in [0.05, 0.1) is 22.1 Å². The van der Waals surface area contributed by atoms with Crippen molar-refractivity contribution in [2.75, 3.05) is 23.9 Å². The molecule has 0 saturated heterocycles. The molecule has 0 radical (unpaired) electrons. The van der Waals surface area contributed by atoms with Crippen molar-refractivity contribution in [3.8, 4) is 0 Å². The number of esters is 1. The van der Waals surface area contributed by atoms with Crippen LogP contribution in [0.15, 0.2) is 35.5 Å². The number of para-hydroxylation sites is 1. The van der Waals surface area contributed by atoms with E-state index in [0.29, 0.717) is 22.6 Å². The third-order valence-corrected chi connectivity index (χ3v) is 6.90. The second-order valence-electron chi connectivity index (χ2n) is 8.29. The van der Waals surface area contributed by atoms with Crippen LogP contribution in [0.3, 0.4) is 0 Å². The molecule has 170 valence electrons. The van der Waals surface area contributed by atoms with Gasteiger partial charge < -0.3 is 10.1 Å². The third kappa shape index (κ3) is 4.01. The van der Waals surface area contributed by atoms with Gasteiger partial charge in [0.15, 0.2) is 0 Å². The number of rotatable bonds is 7. The molecule has 1 N–H and O–H groups in total. The molecular weight excluding hydrogens is 428 g/mol. The number of nitrogens with zero attached hydrogens (tertiary/aromatic N) is 3. The van der Waals surface area contributed by atoms with Crippen molar-refractivity contribution >= 4 is 29.2 Å². The van der Waals surface area contributed by atoms with Gasteiger partial charge in [-0.05, 0) is 26.0 Å². The minimum atomic E-state index is -0.612. The third-order valence-electron chi connectivity index (χ3n) is 6.33. The first-order valence-corrected chi connectivity index (χ1v) is 12.3. The molecule has 9 heteroatoms. The van der Waals surface area contributed by atoms with E-state index in [-0.39, 0.29) is 23.1 Å². The summed E-state index contributed by atoms with van der Waals surface area (Å²) in [5, 5.41) is 20.1. The number of aromatic nitrogens is 2. The van der Waals surface area contributed by atoms with Gasteiger partial charge in [0, 0.05) is 41.6 Å². The molecule has 8 nitrogen and oxygen atoms in total. The lowest BCUT2D eigenvalue weighted by Crippen LogP contribution is -2.26. The fraction of sp³-hybridized carbons (Fsp3) is 0.478. The zero-order valence-electron chi connectivity index (χ0n) is 18.6. The molecule has 1 aliphatic carbocycles. The first-order chi connectivity index (χ1) is 15.4. The van der Waals surface area contributed by atoms with E-state index >= 15 is 0 Å². The lowest BCUT2D eigenvalue weighted by Gasteiger charge is -2.29. The number of aryl methyl sites for hydroxylation is 1. The number of ether oxygens (including phenoxy) is 1. The Kier molecular flexibility index (Phi) is 6.55. The molecule has 1 saturated carbocycles. The molecular formula is C23H28N4O4S. The second-order valence-corrected chi connectivity index (χ2v) is 9.28. The summed E-state index contributed by atoms with van der Waals surface area (Å²) >= 11 is 1.59. The van der Waals surface area contributed by atoms with Gasteiger partial charge in [-0.2, -0.15) is 16.9 Å². The van der Waals surface area contributed by atoms with E-state index in [0.717, 1.165) is 42.8 Å². The molecule has 1 aromatic heterocycles. The van der Waals surface area contributed by atoms with Gasteiger partial charge in [-0.15, -0.1) is 0 Å². The number of nitro benzene ring substituents is 1. The molecule has 2 aromatic rings. The standard InChI is InChI=1S/C23H28N4O4S/c1-14-18(23(28)31-12-13-32-3)19(16-10-6-7-11-17(16)27(29)30)20-21(15-8-4-5-9-15)25-26(2)22(20)24-14/h6-7,10-11,15,19,24H,4-5,8-9,12-13H2,1-3H3. The van der Waals surface area contributed by atoms with E-state index in [9.17, 15) is 14.9 Å². The summed E-state index contributed by atoms with van der Waals surface area (Å²) < 4.78 is 7.37. The fourth-order valence-corrected chi connectivity index (χ4v) is 5.13. The topological polar surface area (TPSA) is 99.3 Å². The Morgan fingerprint density at radius 2 is 2.06 bits per heavy atom. The Labute approximate surface area is 191 Å². The first-order valence-electron chi connectivity index (χ1n) is 10.9. The number of anilines is 1. The number of nitrogens with one attached hydrogen (secondary N) is 1. The molecule has 0 bridgehead atoms. The smallest absolute Gasteiger partial charge is 0.336 e. The quantitative estimate of drug-likeness (QED) is 0.278. The maximum absolute atomic E-state index is 13.3. The van der Waals surface area contributed by atoms with Crippen LogP contribution in [-0.2, 0) is 16.6 Å². The average Bonchev–Trinajstić information content (AvgIpc) is 3.41. The summed E-state index contributed by atoms with van der Waals surface area (Å²) in [4.78, 5) is 24.8. The van der Waals surface area contributed by atoms with Crippen molar-refractivity contribution in [3.63, 3.8) is 0 Å². The van der Waals surface area contributed by atoms with E-state index in [1.54, 1.807) is 34.6 Å². The Hall–Kier alpha value is -2.81. The number of hydrogen-bond donors (Lipinski definition) is 1. The lowest BCUT2D eigenvalue weighted by molar-refractivity contribution is -0.385. The van der Waals surface area contributed by atoms with Crippen molar-refractivity contribution in [2.24, 2.45) is 7.05 Å². The summed E-state index contributed by atoms with van der Waals surface area (Å²) in [6.07, 6.45) is 6.29. The average molecular weight is 457 g/mol. The van der Waals surface area contributed by atoms with E-state index < -0.39 is 11.9 Å². The summed E-state index contributed by atoms with van der Waals surface area (Å²) in [7, 11) is 1.87. The van der Waals surface area contributed by atoms with E-state index in [1.807, 2.05) is 20.2 Å². The maximum Gasteiger partial charge on any atom is 0.336 e. The van der Waals surface area contributed by atoms with Crippen LogP contribution in [0.1, 0.15) is 61.3 Å². The molecule has 1 aliphatic heterocycles. The van der Waals surface area contributed by atoms with Crippen LogP contribution in [0, 0.1) is 10.1 Å². The predicted molar refractivity (Wildman–Crippen MR) is 125 cm³/mol. The number of allylic oxidation sites excluding steroid dienone is 1. The van der Waals surface area contributed by atoms with Gasteiger partial charge >= 0.3 is 5.97 Å². The van der Waals surface area contributed by atoms with Crippen molar-refractivity contribution in [1.29, 1.82) is 0 Å². The number of carbonyl (C=O) groups is 1. The highest BCUT2D eigenvalue weighted by atomic mass is 32.2. The van der Waals surface area contributed by atoms with Crippen LogP contribution < -0.4 is 5.32 Å². The maximum atomic E-state index is 13.3. The van der Waals surface area contributed by atoms with E-state index in [1.165, 1.54) is 6.07 Å². The lowest BCUT2D eigenvalue weighted by atomic mass is 9.79. The van der Waals surface area contributed by atoms with Crippen LogP contribution in [-0.4, -0.2) is 39.3 Å². The number of benzene rings is 1. The molecule has 32 heavy (non-hydrogen) atoms. The second kappa shape index (κ2) is 9.36. The Morgan fingerprint density at radius 3 is 2.75 bits per heavy atom.